The number of rotatable bonds is 1. The van der Waals surface area contributed by atoms with Crippen LogP contribution in [0.1, 0.15) is 35.1 Å². The predicted molar refractivity (Wildman–Crippen MR) is 89.3 cm³/mol. The normalized spacial score (nSPS) is 23.1. The van der Waals surface area contributed by atoms with Crippen molar-refractivity contribution in [3.8, 4) is 0 Å². The van der Waals surface area contributed by atoms with E-state index in [1.165, 1.54) is 27.8 Å². The van der Waals surface area contributed by atoms with E-state index < -0.39 is 0 Å². The second-order valence-corrected chi connectivity index (χ2v) is 6.30. The van der Waals surface area contributed by atoms with Crippen LogP contribution in [0.2, 0.25) is 0 Å². The monoisotopic (exact) mass is 272 g/mol. The zero-order valence-corrected chi connectivity index (χ0v) is 12.6. The molecular formula is C21H20. The molecule has 0 amide bonds. The summed E-state index contributed by atoms with van der Waals surface area (Å²) in [6, 6.07) is 17.7. The van der Waals surface area contributed by atoms with Crippen LogP contribution in [0.3, 0.4) is 0 Å². The molecule has 0 heteroatoms. The highest BCUT2D eigenvalue weighted by Crippen LogP contribution is 2.46. The van der Waals surface area contributed by atoms with Crippen LogP contribution in [0, 0.1) is 12.8 Å². The summed E-state index contributed by atoms with van der Waals surface area (Å²) >= 11 is 0. The SMILES string of the molecule is Cc1ccccc1C1C=CC2=C(Cc3ccccc32)C1C. The van der Waals surface area contributed by atoms with Crippen molar-refractivity contribution in [3.63, 3.8) is 0 Å². The molecule has 104 valence electrons. The van der Waals surface area contributed by atoms with Gasteiger partial charge in [-0.25, -0.2) is 0 Å². The van der Waals surface area contributed by atoms with Gasteiger partial charge in [0.05, 0.1) is 0 Å². The minimum absolute atomic E-state index is 0.513. The van der Waals surface area contributed by atoms with Crippen LogP contribution in [0.25, 0.3) is 5.57 Å². The van der Waals surface area contributed by atoms with E-state index >= 15 is 0 Å². The summed E-state index contributed by atoms with van der Waals surface area (Å²) in [6.45, 7) is 4.62. The molecule has 4 rings (SSSR count). The third-order valence-electron chi connectivity index (χ3n) is 5.14. The van der Waals surface area contributed by atoms with Crippen LogP contribution >= 0.6 is 0 Å². The number of fused-ring (bicyclic) bond motifs is 2. The highest BCUT2D eigenvalue weighted by molar-refractivity contribution is 5.84. The summed E-state index contributed by atoms with van der Waals surface area (Å²) in [4.78, 5) is 0. The van der Waals surface area contributed by atoms with E-state index in [1.807, 2.05) is 0 Å². The minimum Gasteiger partial charge on any atom is -0.0758 e. The minimum atomic E-state index is 0.513. The zero-order chi connectivity index (χ0) is 14.4. The summed E-state index contributed by atoms with van der Waals surface area (Å²) < 4.78 is 0. The molecule has 21 heavy (non-hydrogen) atoms. The van der Waals surface area contributed by atoms with Crippen LogP contribution < -0.4 is 0 Å². The van der Waals surface area contributed by atoms with Crippen molar-refractivity contribution in [2.24, 2.45) is 5.92 Å². The number of aryl methyl sites for hydroxylation is 1. The summed E-state index contributed by atoms with van der Waals surface area (Å²) in [7, 11) is 0. The lowest BCUT2D eigenvalue weighted by atomic mass is 9.76. The number of allylic oxidation sites excluding steroid dienone is 4. The maximum absolute atomic E-state index is 2.41. The van der Waals surface area contributed by atoms with Crippen LogP contribution in [0.5, 0.6) is 0 Å². The summed E-state index contributed by atoms with van der Waals surface area (Å²) in [5.41, 5.74) is 8.90. The van der Waals surface area contributed by atoms with Crippen LogP contribution in [-0.4, -0.2) is 0 Å². The smallest absolute Gasteiger partial charge is 0.00872 e. The Morgan fingerprint density at radius 1 is 0.952 bits per heavy atom. The highest BCUT2D eigenvalue weighted by atomic mass is 14.3. The van der Waals surface area contributed by atoms with E-state index in [9.17, 15) is 0 Å². The average Bonchev–Trinajstić information content (AvgIpc) is 2.89. The molecule has 2 unspecified atom stereocenters. The summed E-state index contributed by atoms with van der Waals surface area (Å²) in [5, 5.41) is 0. The average molecular weight is 272 g/mol. The molecule has 0 nitrogen and oxygen atoms in total. The second-order valence-electron chi connectivity index (χ2n) is 6.30. The molecule has 2 aromatic carbocycles. The Labute approximate surface area is 126 Å². The van der Waals surface area contributed by atoms with Gasteiger partial charge in [0.25, 0.3) is 0 Å². The van der Waals surface area contributed by atoms with Gasteiger partial charge in [-0.15, -0.1) is 0 Å². The molecule has 0 N–H and O–H groups in total. The molecule has 2 aliphatic carbocycles. The third kappa shape index (κ3) is 1.90. The van der Waals surface area contributed by atoms with Crippen LogP contribution in [0.15, 0.2) is 66.3 Å². The molecule has 0 fully saturated rings. The van der Waals surface area contributed by atoms with Crippen molar-refractivity contribution in [3.05, 3.63) is 88.5 Å². The highest BCUT2D eigenvalue weighted by Gasteiger charge is 2.31. The Balaban J connectivity index is 1.75. The van der Waals surface area contributed by atoms with Gasteiger partial charge < -0.3 is 0 Å². The standard InChI is InChI=1S/C21H20/c1-14-7-3-5-9-17(14)18-11-12-20-19-10-6-4-8-16(19)13-21(20)15(18)2/h3-12,15,18H,13H2,1-2H3. The van der Waals surface area contributed by atoms with Gasteiger partial charge in [0, 0.05) is 5.92 Å². The molecule has 2 atom stereocenters. The Hall–Kier alpha value is -2.08. The summed E-state index contributed by atoms with van der Waals surface area (Å²) in [5.74, 6) is 1.10. The molecule has 0 aromatic heterocycles. The second kappa shape index (κ2) is 4.73. The lowest BCUT2D eigenvalue weighted by Crippen LogP contribution is -2.15. The predicted octanol–water partition coefficient (Wildman–Crippen LogP) is 5.29. The van der Waals surface area contributed by atoms with Gasteiger partial charge in [-0.2, -0.15) is 0 Å². The van der Waals surface area contributed by atoms with E-state index in [2.05, 4.69) is 74.5 Å². The maximum Gasteiger partial charge on any atom is 0.00872 e. The molecule has 2 aromatic rings. The molecule has 0 radical (unpaired) electrons. The van der Waals surface area contributed by atoms with Crippen LogP contribution in [-0.2, 0) is 6.42 Å². The fourth-order valence-electron chi connectivity index (χ4n) is 3.93. The Morgan fingerprint density at radius 2 is 1.71 bits per heavy atom. The molecule has 0 bridgehead atoms. The van der Waals surface area contributed by atoms with Crippen LogP contribution in [0.4, 0.5) is 0 Å². The van der Waals surface area contributed by atoms with Crippen molar-refractivity contribution in [1.29, 1.82) is 0 Å². The molecule has 0 saturated carbocycles. The van der Waals surface area contributed by atoms with E-state index in [1.54, 1.807) is 5.57 Å². The first-order valence-corrected chi connectivity index (χ1v) is 7.81. The summed E-state index contributed by atoms with van der Waals surface area (Å²) in [6.07, 6.45) is 5.89. The quantitative estimate of drug-likeness (QED) is 0.661. The number of hydrogen-bond acceptors (Lipinski definition) is 0. The Kier molecular flexibility index (Phi) is 2.85. The molecular weight excluding hydrogens is 252 g/mol. The molecule has 0 saturated heterocycles. The van der Waals surface area contributed by atoms with Gasteiger partial charge in [0.1, 0.15) is 0 Å². The Bertz CT molecular complexity index is 761. The third-order valence-corrected chi connectivity index (χ3v) is 5.14. The van der Waals surface area contributed by atoms with Gasteiger partial charge in [-0.05, 0) is 47.1 Å². The van der Waals surface area contributed by atoms with E-state index in [0.717, 1.165) is 6.42 Å². The van der Waals surface area contributed by atoms with Gasteiger partial charge in [0.15, 0.2) is 0 Å². The first kappa shape index (κ1) is 12.6. The Morgan fingerprint density at radius 3 is 2.57 bits per heavy atom. The molecule has 0 spiro atoms. The topological polar surface area (TPSA) is 0 Å². The fraction of sp³-hybridized carbons (Fsp3) is 0.238. The van der Waals surface area contributed by atoms with E-state index in [0.29, 0.717) is 11.8 Å². The molecule has 0 heterocycles. The van der Waals surface area contributed by atoms with Crippen molar-refractivity contribution in [2.75, 3.05) is 0 Å². The lowest BCUT2D eigenvalue weighted by molar-refractivity contribution is 0.590. The fourth-order valence-corrected chi connectivity index (χ4v) is 3.93. The maximum atomic E-state index is 2.41. The van der Waals surface area contributed by atoms with Crippen molar-refractivity contribution in [1.82, 2.24) is 0 Å². The number of hydrogen-bond donors (Lipinski definition) is 0. The van der Waals surface area contributed by atoms with Gasteiger partial charge >= 0.3 is 0 Å². The van der Waals surface area contributed by atoms with Crippen molar-refractivity contribution < 1.29 is 0 Å². The van der Waals surface area contributed by atoms with Gasteiger partial charge in [-0.3, -0.25) is 0 Å². The lowest BCUT2D eigenvalue weighted by Gasteiger charge is -2.28. The number of benzene rings is 2. The van der Waals surface area contributed by atoms with Crippen molar-refractivity contribution in [2.45, 2.75) is 26.2 Å². The van der Waals surface area contributed by atoms with Crippen molar-refractivity contribution >= 4 is 5.57 Å². The first-order chi connectivity index (χ1) is 10.3. The first-order valence-electron chi connectivity index (χ1n) is 7.81. The molecule has 0 aliphatic heterocycles. The largest absolute Gasteiger partial charge is 0.0758 e. The zero-order valence-electron chi connectivity index (χ0n) is 12.6. The van der Waals surface area contributed by atoms with E-state index in [4.69, 9.17) is 0 Å². The molecule has 2 aliphatic rings. The van der Waals surface area contributed by atoms with Gasteiger partial charge in [0.2, 0.25) is 0 Å². The van der Waals surface area contributed by atoms with E-state index in [-0.39, 0.29) is 0 Å². The van der Waals surface area contributed by atoms with Gasteiger partial charge in [-0.1, -0.05) is 73.2 Å².